The number of hydrogen-bond acceptors (Lipinski definition) is 3. The van der Waals surface area contributed by atoms with Gasteiger partial charge in [0.2, 0.25) is 10.0 Å². The summed E-state index contributed by atoms with van der Waals surface area (Å²) >= 11 is 0. The van der Waals surface area contributed by atoms with Crippen LogP contribution in [0.5, 0.6) is 0 Å². The van der Waals surface area contributed by atoms with Crippen molar-refractivity contribution in [3.05, 3.63) is 0 Å². The number of rotatable bonds is 3. The maximum Gasteiger partial charge on any atom is 0.213 e. The van der Waals surface area contributed by atoms with Crippen LogP contribution < -0.4 is 5.32 Å². The van der Waals surface area contributed by atoms with Crippen LogP contribution in [0.2, 0.25) is 0 Å². The molecule has 4 nitrogen and oxygen atoms in total. The first-order valence-electron chi connectivity index (χ1n) is 7.31. The van der Waals surface area contributed by atoms with Crippen molar-refractivity contribution in [1.82, 2.24) is 9.62 Å². The highest BCUT2D eigenvalue weighted by molar-refractivity contribution is 7.89. The molecule has 3 fully saturated rings. The fraction of sp³-hybridized carbons (Fsp3) is 1.00. The second-order valence-corrected chi connectivity index (χ2v) is 8.35. The average molecular weight is 272 g/mol. The summed E-state index contributed by atoms with van der Waals surface area (Å²) in [5.41, 5.74) is 0.294. The van der Waals surface area contributed by atoms with Crippen LogP contribution in [0.3, 0.4) is 0 Å². The molecule has 2 aliphatic heterocycles. The van der Waals surface area contributed by atoms with Gasteiger partial charge in [0.1, 0.15) is 0 Å². The fourth-order valence-corrected chi connectivity index (χ4v) is 5.43. The summed E-state index contributed by atoms with van der Waals surface area (Å²) in [7, 11) is -3.00. The van der Waals surface area contributed by atoms with E-state index in [4.69, 9.17) is 0 Å². The van der Waals surface area contributed by atoms with Gasteiger partial charge in [0.25, 0.3) is 0 Å². The largest absolute Gasteiger partial charge is 0.311 e. The number of nitrogens with zero attached hydrogens (tertiary/aromatic N) is 1. The number of nitrogens with one attached hydrogen (secondary N) is 1. The van der Waals surface area contributed by atoms with Crippen LogP contribution in [0.25, 0.3) is 0 Å². The Morgan fingerprint density at radius 2 is 2.11 bits per heavy atom. The molecule has 0 amide bonds. The third-order valence-corrected chi connectivity index (χ3v) is 7.30. The Hall–Kier alpha value is -0.130. The van der Waals surface area contributed by atoms with E-state index in [9.17, 15) is 8.42 Å². The zero-order chi connectivity index (χ0) is 12.8. The highest BCUT2D eigenvalue weighted by Crippen LogP contribution is 2.51. The minimum atomic E-state index is -3.00. The molecule has 3 atom stereocenters. The van der Waals surface area contributed by atoms with Crippen LogP contribution in [0, 0.1) is 11.8 Å². The van der Waals surface area contributed by atoms with E-state index < -0.39 is 10.0 Å². The first-order chi connectivity index (χ1) is 8.58. The SMILES string of the molecule is CCS(=O)(=O)N1CCCC(C23CCC2CCN3)C1. The van der Waals surface area contributed by atoms with E-state index in [1.54, 1.807) is 11.2 Å². The number of hydrogen-bond donors (Lipinski definition) is 1. The predicted molar refractivity (Wildman–Crippen MR) is 71.8 cm³/mol. The lowest BCUT2D eigenvalue weighted by molar-refractivity contribution is 0.0353. The van der Waals surface area contributed by atoms with E-state index in [0.717, 1.165) is 32.0 Å². The highest BCUT2D eigenvalue weighted by Gasteiger charge is 2.55. The quantitative estimate of drug-likeness (QED) is 0.839. The zero-order valence-electron chi connectivity index (χ0n) is 11.2. The van der Waals surface area contributed by atoms with Crippen LogP contribution >= 0.6 is 0 Å². The van der Waals surface area contributed by atoms with Crippen molar-refractivity contribution < 1.29 is 8.42 Å². The first-order valence-corrected chi connectivity index (χ1v) is 8.92. The molecule has 1 saturated carbocycles. The summed E-state index contributed by atoms with van der Waals surface area (Å²) in [6.07, 6.45) is 6.10. The van der Waals surface area contributed by atoms with Crippen molar-refractivity contribution in [3.8, 4) is 0 Å². The van der Waals surface area contributed by atoms with Gasteiger partial charge in [0.15, 0.2) is 0 Å². The lowest BCUT2D eigenvalue weighted by Crippen LogP contribution is -2.61. The van der Waals surface area contributed by atoms with E-state index in [2.05, 4.69) is 5.32 Å². The van der Waals surface area contributed by atoms with E-state index in [1.165, 1.54) is 25.7 Å². The molecule has 3 unspecified atom stereocenters. The normalized spacial score (nSPS) is 41.4. The van der Waals surface area contributed by atoms with Gasteiger partial charge in [-0.15, -0.1) is 0 Å². The number of sulfonamides is 1. The van der Waals surface area contributed by atoms with E-state index in [-0.39, 0.29) is 5.75 Å². The summed E-state index contributed by atoms with van der Waals surface area (Å²) < 4.78 is 25.8. The van der Waals surface area contributed by atoms with Gasteiger partial charge in [0, 0.05) is 18.6 Å². The maximum absolute atomic E-state index is 12.0. The third-order valence-electron chi connectivity index (χ3n) is 5.45. The molecule has 3 aliphatic rings. The van der Waals surface area contributed by atoms with Gasteiger partial charge in [-0.3, -0.25) is 0 Å². The summed E-state index contributed by atoms with van der Waals surface area (Å²) in [6, 6.07) is 0. The predicted octanol–water partition coefficient (Wildman–Crippen LogP) is 1.19. The molecule has 2 saturated heterocycles. The Kier molecular flexibility index (Phi) is 3.19. The van der Waals surface area contributed by atoms with Gasteiger partial charge >= 0.3 is 0 Å². The average Bonchev–Trinajstić information content (AvgIpc) is 2.66. The summed E-state index contributed by atoms with van der Waals surface area (Å²) in [5.74, 6) is 1.59. The molecule has 3 rings (SSSR count). The smallest absolute Gasteiger partial charge is 0.213 e. The molecular formula is C13H24N2O2S. The molecule has 5 heteroatoms. The molecule has 104 valence electrons. The minimum absolute atomic E-state index is 0.240. The van der Waals surface area contributed by atoms with Crippen LogP contribution in [0.4, 0.5) is 0 Å². The standard InChI is InChI=1S/C13H24N2O2S/c1-2-18(16,17)15-9-3-4-12(10-15)13-7-5-11(13)6-8-14-13/h11-12,14H,2-10H2,1H3. The van der Waals surface area contributed by atoms with Gasteiger partial charge in [0.05, 0.1) is 5.75 Å². The minimum Gasteiger partial charge on any atom is -0.311 e. The molecule has 1 N–H and O–H groups in total. The molecule has 0 spiro atoms. The van der Waals surface area contributed by atoms with Crippen molar-refractivity contribution in [2.75, 3.05) is 25.4 Å². The third kappa shape index (κ3) is 1.82. The van der Waals surface area contributed by atoms with Gasteiger partial charge < -0.3 is 5.32 Å². The molecule has 0 bridgehead atoms. The Balaban J connectivity index is 1.75. The lowest BCUT2D eigenvalue weighted by Gasteiger charge is -2.53. The Morgan fingerprint density at radius 1 is 1.28 bits per heavy atom. The second-order valence-electron chi connectivity index (χ2n) is 6.09. The van der Waals surface area contributed by atoms with Gasteiger partial charge in [-0.25, -0.2) is 12.7 Å². The van der Waals surface area contributed by atoms with Crippen molar-refractivity contribution in [1.29, 1.82) is 0 Å². The van der Waals surface area contributed by atoms with E-state index in [1.807, 2.05) is 0 Å². The molecule has 18 heavy (non-hydrogen) atoms. The number of piperidine rings is 1. The molecule has 0 aromatic carbocycles. The van der Waals surface area contributed by atoms with Crippen LogP contribution in [-0.4, -0.2) is 43.6 Å². The summed E-state index contributed by atoms with van der Waals surface area (Å²) in [5, 5.41) is 3.71. The van der Waals surface area contributed by atoms with Crippen molar-refractivity contribution in [3.63, 3.8) is 0 Å². The van der Waals surface area contributed by atoms with Gasteiger partial charge in [-0.1, -0.05) is 0 Å². The zero-order valence-corrected chi connectivity index (χ0v) is 12.0. The maximum atomic E-state index is 12.0. The molecule has 0 aromatic rings. The molecule has 2 heterocycles. The Morgan fingerprint density at radius 3 is 2.72 bits per heavy atom. The van der Waals surface area contributed by atoms with Crippen LogP contribution in [0.15, 0.2) is 0 Å². The van der Waals surface area contributed by atoms with Crippen molar-refractivity contribution >= 4 is 10.0 Å². The first kappa shape index (κ1) is 12.9. The second kappa shape index (κ2) is 4.46. The summed E-state index contributed by atoms with van der Waals surface area (Å²) in [4.78, 5) is 0. The number of fused-ring (bicyclic) bond motifs is 1. The fourth-order valence-electron chi connectivity index (χ4n) is 4.25. The van der Waals surface area contributed by atoms with Gasteiger partial charge in [-0.05, 0) is 57.4 Å². The summed E-state index contributed by atoms with van der Waals surface area (Å²) in [6.45, 7) is 4.35. The van der Waals surface area contributed by atoms with Crippen molar-refractivity contribution in [2.45, 2.75) is 44.6 Å². The highest BCUT2D eigenvalue weighted by atomic mass is 32.2. The monoisotopic (exact) mass is 272 g/mol. The molecule has 0 radical (unpaired) electrons. The molecular weight excluding hydrogens is 248 g/mol. The van der Waals surface area contributed by atoms with Crippen LogP contribution in [0.1, 0.15) is 39.0 Å². The Bertz CT molecular complexity index is 423. The van der Waals surface area contributed by atoms with Crippen LogP contribution in [-0.2, 0) is 10.0 Å². The molecule has 0 aromatic heterocycles. The van der Waals surface area contributed by atoms with Gasteiger partial charge in [-0.2, -0.15) is 0 Å². The molecule has 1 aliphatic carbocycles. The van der Waals surface area contributed by atoms with E-state index >= 15 is 0 Å². The van der Waals surface area contributed by atoms with E-state index in [0.29, 0.717) is 11.5 Å². The van der Waals surface area contributed by atoms with Crippen molar-refractivity contribution in [2.24, 2.45) is 11.8 Å². The lowest BCUT2D eigenvalue weighted by atomic mass is 9.60. The Labute approximate surface area is 110 Å². The topological polar surface area (TPSA) is 49.4 Å².